The van der Waals surface area contributed by atoms with Gasteiger partial charge < -0.3 is 10.1 Å². The molecular formula is C14H20N2O. The van der Waals surface area contributed by atoms with Gasteiger partial charge >= 0.3 is 0 Å². The molecule has 0 bridgehead atoms. The highest BCUT2D eigenvalue weighted by molar-refractivity contribution is 5.13. The number of nitrogens with one attached hydrogen (secondary N) is 1. The Balaban J connectivity index is 1.63. The van der Waals surface area contributed by atoms with Crippen molar-refractivity contribution in [3.63, 3.8) is 0 Å². The zero-order valence-corrected chi connectivity index (χ0v) is 10.5. The van der Waals surface area contributed by atoms with Crippen LogP contribution in [-0.2, 0) is 11.3 Å². The second-order valence-corrected chi connectivity index (χ2v) is 5.79. The third-order valence-electron chi connectivity index (χ3n) is 4.35. The van der Waals surface area contributed by atoms with Gasteiger partial charge in [-0.1, -0.05) is 19.9 Å². The summed E-state index contributed by atoms with van der Waals surface area (Å²) < 4.78 is 5.80. The number of hydrogen-bond donors (Lipinski definition) is 1. The van der Waals surface area contributed by atoms with Crippen molar-refractivity contribution in [2.75, 3.05) is 6.61 Å². The topological polar surface area (TPSA) is 34.2 Å². The Labute approximate surface area is 103 Å². The van der Waals surface area contributed by atoms with Crippen LogP contribution in [0.2, 0.25) is 0 Å². The minimum Gasteiger partial charge on any atom is -0.377 e. The van der Waals surface area contributed by atoms with Crippen LogP contribution in [0.1, 0.15) is 25.8 Å². The summed E-state index contributed by atoms with van der Waals surface area (Å²) in [6.45, 7) is 6.45. The van der Waals surface area contributed by atoms with Crippen molar-refractivity contribution in [3.05, 3.63) is 30.1 Å². The first-order chi connectivity index (χ1) is 8.19. The molecule has 0 aromatic carbocycles. The van der Waals surface area contributed by atoms with Gasteiger partial charge in [0.05, 0.1) is 6.10 Å². The van der Waals surface area contributed by atoms with Crippen LogP contribution in [0.3, 0.4) is 0 Å². The molecule has 3 nitrogen and oxygen atoms in total. The summed E-state index contributed by atoms with van der Waals surface area (Å²) in [6, 6.07) is 4.69. The lowest BCUT2D eigenvalue weighted by molar-refractivity contribution is -0.113. The van der Waals surface area contributed by atoms with Gasteiger partial charge in [-0.05, 0) is 18.1 Å². The zero-order valence-electron chi connectivity index (χ0n) is 10.5. The van der Waals surface area contributed by atoms with Crippen molar-refractivity contribution in [2.45, 2.75) is 39.0 Å². The molecule has 0 radical (unpaired) electrons. The fourth-order valence-corrected chi connectivity index (χ4v) is 3.47. The van der Waals surface area contributed by atoms with E-state index in [0.29, 0.717) is 18.1 Å². The van der Waals surface area contributed by atoms with Gasteiger partial charge in [-0.25, -0.2) is 0 Å². The molecule has 3 heteroatoms. The van der Waals surface area contributed by atoms with E-state index in [1.54, 1.807) is 0 Å². The van der Waals surface area contributed by atoms with Crippen molar-refractivity contribution in [3.8, 4) is 0 Å². The quantitative estimate of drug-likeness (QED) is 0.865. The van der Waals surface area contributed by atoms with Crippen LogP contribution in [0.5, 0.6) is 0 Å². The molecule has 1 N–H and O–H groups in total. The van der Waals surface area contributed by atoms with Gasteiger partial charge in [0.1, 0.15) is 0 Å². The number of fused-ring (bicyclic) bond motifs is 1. The highest BCUT2D eigenvalue weighted by Gasteiger charge is 2.58. The summed E-state index contributed by atoms with van der Waals surface area (Å²) >= 11 is 0. The Morgan fingerprint density at radius 3 is 3.18 bits per heavy atom. The first-order valence-corrected chi connectivity index (χ1v) is 6.43. The van der Waals surface area contributed by atoms with Crippen LogP contribution in [-0.4, -0.2) is 23.7 Å². The maximum absolute atomic E-state index is 5.80. The van der Waals surface area contributed by atoms with Crippen LogP contribution in [0.15, 0.2) is 24.5 Å². The standard InChI is InChI=1S/C14H20N2O/c1-14(2)12(11-5-7-17-13(11)14)16-9-10-4-3-6-15-8-10/h3-4,6,8,11-13,16H,5,7,9H2,1-2H3. The van der Waals surface area contributed by atoms with Gasteiger partial charge in [-0.3, -0.25) is 4.98 Å². The predicted molar refractivity (Wildman–Crippen MR) is 66.5 cm³/mol. The van der Waals surface area contributed by atoms with E-state index in [1.807, 2.05) is 18.5 Å². The van der Waals surface area contributed by atoms with E-state index >= 15 is 0 Å². The molecule has 0 amide bonds. The average Bonchev–Trinajstić information content (AvgIpc) is 2.77. The molecule has 1 saturated heterocycles. The molecule has 17 heavy (non-hydrogen) atoms. The van der Waals surface area contributed by atoms with Gasteiger partial charge in [-0.2, -0.15) is 0 Å². The summed E-state index contributed by atoms with van der Waals surface area (Å²) in [5, 5.41) is 3.68. The van der Waals surface area contributed by atoms with Gasteiger partial charge in [0.15, 0.2) is 0 Å². The Bertz CT molecular complexity index is 390. The lowest BCUT2D eigenvalue weighted by Gasteiger charge is -2.55. The Morgan fingerprint density at radius 1 is 1.53 bits per heavy atom. The molecule has 0 spiro atoms. The van der Waals surface area contributed by atoms with Crippen LogP contribution in [0, 0.1) is 11.3 Å². The summed E-state index contributed by atoms with van der Waals surface area (Å²) in [5.41, 5.74) is 1.52. The third-order valence-corrected chi connectivity index (χ3v) is 4.35. The van der Waals surface area contributed by atoms with Crippen molar-refractivity contribution < 1.29 is 4.74 Å². The van der Waals surface area contributed by atoms with Crippen molar-refractivity contribution in [2.24, 2.45) is 11.3 Å². The molecular weight excluding hydrogens is 212 g/mol. The fourth-order valence-electron chi connectivity index (χ4n) is 3.47. The Kier molecular flexibility index (Phi) is 2.68. The monoisotopic (exact) mass is 232 g/mol. The van der Waals surface area contributed by atoms with Gasteiger partial charge in [0.2, 0.25) is 0 Å². The molecule has 3 atom stereocenters. The smallest absolute Gasteiger partial charge is 0.0685 e. The summed E-state index contributed by atoms with van der Waals surface area (Å²) in [6.07, 6.45) is 5.42. The molecule has 92 valence electrons. The summed E-state index contributed by atoms with van der Waals surface area (Å²) in [5.74, 6) is 0.710. The Hall–Kier alpha value is -0.930. The molecule has 3 unspecified atom stereocenters. The van der Waals surface area contributed by atoms with Crippen LogP contribution < -0.4 is 5.32 Å². The van der Waals surface area contributed by atoms with Crippen LogP contribution >= 0.6 is 0 Å². The molecule has 2 heterocycles. The van der Waals surface area contributed by atoms with Crippen molar-refractivity contribution in [1.82, 2.24) is 10.3 Å². The molecule has 2 fully saturated rings. The SMILES string of the molecule is CC1(C)C(NCc2cccnc2)C2CCOC21. The van der Waals surface area contributed by atoms with E-state index in [4.69, 9.17) is 4.74 Å². The zero-order chi connectivity index (χ0) is 11.9. The molecule has 1 aromatic heterocycles. The van der Waals surface area contributed by atoms with Crippen molar-refractivity contribution >= 4 is 0 Å². The van der Waals surface area contributed by atoms with E-state index in [1.165, 1.54) is 12.0 Å². The molecule has 1 aliphatic carbocycles. The molecule has 1 saturated carbocycles. The number of aromatic nitrogens is 1. The van der Waals surface area contributed by atoms with Gasteiger partial charge in [-0.15, -0.1) is 0 Å². The maximum Gasteiger partial charge on any atom is 0.0685 e. The van der Waals surface area contributed by atoms with Crippen LogP contribution in [0.4, 0.5) is 0 Å². The summed E-state index contributed by atoms with van der Waals surface area (Å²) in [4.78, 5) is 4.14. The van der Waals surface area contributed by atoms with E-state index in [2.05, 4.69) is 30.2 Å². The lowest BCUT2D eigenvalue weighted by Crippen LogP contribution is -2.65. The lowest BCUT2D eigenvalue weighted by atomic mass is 9.57. The predicted octanol–water partition coefficient (Wildman–Crippen LogP) is 1.98. The number of pyridine rings is 1. The summed E-state index contributed by atoms with van der Waals surface area (Å²) in [7, 11) is 0. The number of hydrogen-bond acceptors (Lipinski definition) is 3. The number of ether oxygens (including phenoxy) is 1. The highest BCUT2D eigenvalue weighted by Crippen LogP contribution is 2.52. The first kappa shape index (κ1) is 11.2. The minimum atomic E-state index is 0.267. The van der Waals surface area contributed by atoms with Crippen LogP contribution in [0.25, 0.3) is 0 Å². The largest absolute Gasteiger partial charge is 0.377 e. The highest BCUT2D eigenvalue weighted by atomic mass is 16.5. The first-order valence-electron chi connectivity index (χ1n) is 6.43. The number of rotatable bonds is 3. The van der Waals surface area contributed by atoms with Crippen molar-refractivity contribution in [1.29, 1.82) is 0 Å². The second kappa shape index (κ2) is 4.07. The minimum absolute atomic E-state index is 0.267. The average molecular weight is 232 g/mol. The fraction of sp³-hybridized carbons (Fsp3) is 0.643. The maximum atomic E-state index is 5.80. The van der Waals surface area contributed by atoms with Gasteiger partial charge in [0, 0.05) is 42.9 Å². The normalized spacial score (nSPS) is 34.1. The molecule has 1 aliphatic heterocycles. The van der Waals surface area contributed by atoms with E-state index < -0.39 is 0 Å². The molecule has 3 rings (SSSR count). The second-order valence-electron chi connectivity index (χ2n) is 5.79. The third kappa shape index (κ3) is 1.78. The molecule has 2 aliphatic rings. The molecule has 1 aromatic rings. The van der Waals surface area contributed by atoms with Gasteiger partial charge in [0.25, 0.3) is 0 Å². The Morgan fingerprint density at radius 2 is 2.41 bits per heavy atom. The van der Waals surface area contributed by atoms with E-state index in [0.717, 1.165) is 13.2 Å². The van der Waals surface area contributed by atoms with E-state index in [9.17, 15) is 0 Å². The van der Waals surface area contributed by atoms with E-state index in [-0.39, 0.29) is 5.41 Å². The number of nitrogens with zero attached hydrogens (tertiary/aromatic N) is 1.